The summed E-state index contributed by atoms with van der Waals surface area (Å²) in [5, 5.41) is 7.33. The molecule has 3 rings (SSSR count). The van der Waals surface area contributed by atoms with Crippen molar-refractivity contribution in [3.8, 4) is 0 Å². The normalized spacial score (nSPS) is 17.7. The first kappa shape index (κ1) is 21.6. The number of rotatable bonds is 6. The summed E-state index contributed by atoms with van der Waals surface area (Å²) in [5.74, 6) is -7.09. The van der Waals surface area contributed by atoms with Crippen molar-refractivity contribution in [2.75, 3.05) is 11.6 Å². The number of carbonyl (C=O) groups is 1. The number of hydrogen-bond donors (Lipinski definition) is 1. The smallest absolute Gasteiger partial charge is 0.289 e. The summed E-state index contributed by atoms with van der Waals surface area (Å²) < 4.78 is 55.9. The molecular weight excluding hydrogens is 408 g/mol. The number of carbonyl (C=O) groups excluding carboxylic acids is 1. The SMILES string of the molecule is CSc1cc(NC(=O)c2c(C)c(C(C)(F)F)nn2C(C)C2CC(F)(F)C2)ccn1. The van der Waals surface area contributed by atoms with Crippen LogP contribution < -0.4 is 5.32 Å². The maximum atomic E-state index is 14.0. The van der Waals surface area contributed by atoms with Crippen LogP contribution in [0.3, 0.4) is 0 Å². The molecule has 0 aliphatic heterocycles. The molecule has 1 atom stereocenters. The molecule has 1 saturated carbocycles. The Hall–Kier alpha value is -2.10. The Balaban J connectivity index is 1.97. The second-order valence-corrected chi connectivity index (χ2v) is 8.29. The van der Waals surface area contributed by atoms with Crippen LogP contribution in [0.15, 0.2) is 23.4 Å². The van der Waals surface area contributed by atoms with E-state index in [1.54, 1.807) is 19.1 Å². The van der Waals surface area contributed by atoms with Gasteiger partial charge in [0.2, 0.25) is 5.92 Å². The topological polar surface area (TPSA) is 59.8 Å². The quantitative estimate of drug-likeness (QED) is 0.500. The van der Waals surface area contributed by atoms with Crippen LogP contribution in [0, 0.1) is 12.8 Å². The van der Waals surface area contributed by atoms with E-state index < -0.39 is 35.4 Å². The fraction of sp³-hybridized carbons (Fsp3) is 0.526. The van der Waals surface area contributed by atoms with Crippen molar-refractivity contribution < 1.29 is 22.4 Å². The van der Waals surface area contributed by atoms with Crippen molar-refractivity contribution in [3.05, 3.63) is 35.3 Å². The summed E-state index contributed by atoms with van der Waals surface area (Å²) >= 11 is 1.39. The van der Waals surface area contributed by atoms with Gasteiger partial charge in [-0.25, -0.2) is 13.8 Å². The first-order valence-electron chi connectivity index (χ1n) is 9.09. The first-order chi connectivity index (χ1) is 13.4. The fourth-order valence-corrected chi connectivity index (χ4v) is 3.95. The van der Waals surface area contributed by atoms with Gasteiger partial charge in [0, 0.05) is 37.2 Å². The van der Waals surface area contributed by atoms with Crippen LogP contribution in [0.1, 0.15) is 54.5 Å². The monoisotopic (exact) mass is 430 g/mol. The van der Waals surface area contributed by atoms with Gasteiger partial charge in [0.25, 0.3) is 11.8 Å². The van der Waals surface area contributed by atoms with Gasteiger partial charge in [-0.2, -0.15) is 13.9 Å². The molecule has 10 heteroatoms. The number of amides is 1. The van der Waals surface area contributed by atoms with Gasteiger partial charge in [0.15, 0.2) is 0 Å². The molecule has 0 radical (unpaired) electrons. The molecule has 5 nitrogen and oxygen atoms in total. The van der Waals surface area contributed by atoms with Crippen molar-refractivity contribution in [1.82, 2.24) is 14.8 Å². The number of thioether (sulfide) groups is 1. The highest BCUT2D eigenvalue weighted by Gasteiger charge is 2.49. The van der Waals surface area contributed by atoms with E-state index in [2.05, 4.69) is 15.4 Å². The Bertz CT molecular complexity index is 917. The summed E-state index contributed by atoms with van der Waals surface area (Å²) in [5.41, 5.74) is -0.0897. The molecule has 2 aromatic rings. The molecule has 0 spiro atoms. The van der Waals surface area contributed by atoms with Crippen molar-refractivity contribution in [3.63, 3.8) is 0 Å². The highest BCUT2D eigenvalue weighted by Crippen LogP contribution is 2.48. The van der Waals surface area contributed by atoms with E-state index in [9.17, 15) is 22.4 Å². The van der Waals surface area contributed by atoms with Gasteiger partial charge in [-0.15, -0.1) is 11.8 Å². The number of aromatic nitrogens is 3. The number of nitrogens with zero attached hydrogens (tertiary/aromatic N) is 3. The largest absolute Gasteiger partial charge is 0.321 e. The fourth-order valence-electron chi connectivity index (χ4n) is 3.54. The van der Waals surface area contributed by atoms with E-state index in [1.165, 1.54) is 29.6 Å². The lowest BCUT2D eigenvalue weighted by atomic mass is 9.77. The molecule has 1 aliphatic carbocycles. The van der Waals surface area contributed by atoms with Crippen molar-refractivity contribution in [1.29, 1.82) is 0 Å². The van der Waals surface area contributed by atoms with E-state index in [0.29, 0.717) is 17.6 Å². The molecule has 1 unspecified atom stereocenters. The Morgan fingerprint density at radius 2 is 2.07 bits per heavy atom. The standard InChI is InChI=1S/C19H22F4N4OS/c1-10-15(17(28)25-13-5-6-24-14(7-13)29-4)27(26-16(10)18(3,20)21)11(2)12-8-19(22,23)9-12/h5-7,11-12H,8-9H2,1-4H3,(H,24,25,28). The highest BCUT2D eigenvalue weighted by atomic mass is 32.2. The van der Waals surface area contributed by atoms with Crippen LogP contribution in [-0.4, -0.2) is 32.8 Å². The van der Waals surface area contributed by atoms with Gasteiger partial charge in [-0.05, 0) is 38.2 Å². The number of hydrogen-bond acceptors (Lipinski definition) is 4. The maximum absolute atomic E-state index is 14.0. The van der Waals surface area contributed by atoms with Gasteiger partial charge < -0.3 is 5.32 Å². The zero-order chi connectivity index (χ0) is 21.6. The third-order valence-corrected chi connectivity index (χ3v) is 5.81. The highest BCUT2D eigenvalue weighted by molar-refractivity contribution is 7.98. The third-order valence-electron chi connectivity index (χ3n) is 5.17. The van der Waals surface area contributed by atoms with Gasteiger partial charge >= 0.3 is 0 Å². The average molecular weight is 430 g/mol. The summed E-state index contributed by atoms with van der Waals surface area (Å²) in [6.07, 6.45) is 2.65. The van der Waals surface area contributed by atoms with Crippen molar-refractivity contribution in [2.24, 2.45) is 5.92 Å². The average Bonchev–Trinajstić information content (AvgIpc) is 2.96. The summed E-state index contributed by atoms with van der Waals surface area (Å²) in [4.78, 5) is 17.1. The van der Waals surface area contributed by atoms with Gasteiger partial charge in [0.1, 0.15) is 11.4 Å². The molecule has 158 valence electrons. The number of alkyl halides is 4. The van der Waals surface area contributed by atoms with Gasteiger partial charge in [-0.1, -0.05) is 0 Å². The predicted molar refractivity (Wildman–Crippen MR) is 103 cm³/mol. The Morgan fingerprint density at radius 1 is 1.41 bits per heavy atom. The van der Waals surface area contributed by atoms with E-state index in [-0.39, 0.29) is 24.1 Å². The summed E-state index contributed by atoms with van der Waals surface area (Å²) in [6, 6.07) is 2.62. The van der Waals surface area contributed by atoms with Crippen LogP contribution >= 0.6 is 11.8 Å². The van der Waals surface area contributed by atoms with E-state index in [1.807, 2.05) is 6.26 Å². The van der Waals surface area contributed by atoms with Crippen molar-refractivity contribution >= 4 is 23.4 Å². The minimum absolute atomic E-state index is 0.0343. The van der Waals surface area contributed by atoms with Crippen LogP contribution in [0.4, 0.5) is 23.2 Å². The van der Waals surface area contributed by atoms with Crippen LogP contribution in [0.25, 0.3) is 0 Å². The molecule has 1 N–H and O–H groups in total. The van der Waals surface area contributed by atoms with Gasteiger partial charge in [0.05, 0.1) is 11.1 Å². The second-order valence-electron chi connectivity index (χ2n) is 7.46. The van der Waals surface area contributed by atoms with Crippen LogP contribution in [0.5, 0.6) is 0 Å². The molecule has 1 aliphatic rings. The molecule has 2 aromatic heterocycles. The molecular formula is C19H22F4N4OS. The molecule has 0 bridgehead atoms. The van der Waals surface area contributed by atoms with E-state index in [0.717, 1.165) is 0 Å². The molecule has 1 amide bonds. The molecule has 0 saturated heterocycles. The number of pyridine rings is 1. The second kappa shape index (κ2) is 7.62. The zero-order valence-corrected chi connectivity index (χ0v) is 17.3. The molecule has 0 aromatic carbocycles. The lowest BCUT2D eigenvalue weighted by Gasteiger charge is -2.39. The zero-order valence-electron chi connectivity index (χ0n) is 16.5. The lowest BCUT2D eigenvalue weighted by Crippen LogP contribution is -2.40. The Kier molecular flexibility index (Phi) is 5.68. The summed E-state index contributed by atoms with van der Waals surface area (Å²) in [7, 11) is 0. The lowest BCUT2D eigenvalue weighted by molar-refractivity contribution is -0.123. The third kappa shape index (κ3) is 4.41. The number of halogens is 4. The minimum atomic E-state index is -3.27. The van der Waals surface area contributed by atoms with Crippen LogP contribution in [0.2, 0.25) is 0 Å². The Morgan fingerprint density at radius 3 is 2.62 bits per heavy atom. The van der Waals surface area contributed by atoms with E-state index in [4.69, 9.17) is 0 Å². The minimum Gasteiger partial charge on any atom is -0.321 e. The molecule has 1 fully saturated rings. The van der Waals surface area contributed by atoms with Gasteiger partial charge in [-0.3, -0.25) is 9.48 Å². The molecule has 2 heterocycles. The first-order valence-corrected chi connectivity index (χ1v) is 10.3. The molecule has 29 heavy (non-hydrogen) atoms. The van der Waals surface area contributed by atoms with E-state index >= 15 is 0 Å². The Labute approximate surface area is 170 Å². The predicted octanol–water partition coefficient (Wildman–Crippen LogP) is 5.28. The summed E-state index contributed by atoms with van der Waals surface area (Å²) in [6.45, 7) is 3.72. The number of anilines is 1. The maximum Gasteiger partial charge on any atom is 0.289 e. The van der Waals surface area contributed by atoms with Crippen molar-refractivity contribution in [2.45, 2.75) is 56.5 Å². The van der Waals surface area contributed by atoms with Crippen LogP contribution in [-0.2, 0) is 5.92 Å². The number of nitrogens with one attached hydrogen (secondary N) is 1.